The highest BCUT2D eigenvalue weighted by molar-refractivity contribution is 5.63. The molecule has 3 rings (SSSR count). The molecule has 0 amide bonds. The van der Waals surface area contributed by atoms with Crippen molar-refractivity contribution in [2.24, 2.45) is 0 Å². The minimum Gasteiger partial charge on any atom is -0.355 e. The molecule has 1 aliphatic carbocycles. The highest BCUT2D eigenvalue weighted by Crippen LogP contribution is 2.28. The molecule has 2 aromatic carbocycles. The van der Waals surface area contributed by atoms with Gasteiger partial charge in [0, 0.05) is 24.0 Å². The van der Waals surface area contributed by atoms with Gasteiger partial charge in [0.05, 0.1) is 0 Å². The molecular formula is C24H34N2. The summed E-state index contributed by atoms with van der Waals surface area (Å²) in [6.45, 7) is 7.78. The molecule has 0 aliphatic heterocycles. The predicted octanol–water partition coefficient (Wildman–Crippen LogP) is 6.49. The number of nitrogens with zero attached hydrogens (tertiary/aromatic N) is 1. The largest absolute Gasteiger partial charge is 0.355 e. The van der Waals surface area contributed by atoms with Crippen LogP contribution in [0.15, 0.2) is 48.5 Å². The monoisotopic (exact) mass is 350 g/mol. The molecule has 1 fully saturated rings. The molecule has 1 N–H and O–H groups in total. The minimum atomic E-state index is 0.194. The van der Waals surface area contributed by atoms with Gasteiger partial charge in [0.15, 0.2) is 0 Å². The normalized spacial score (nSPS) is 16.0. The highest BCUT2D eigenvalue weighted by atomic mass is 15.1. The SMILES string of the molecule is CN(Cc1ccccc1Nc1ccc(C(C)(C)C)cc1)C1CCCCC1. The van der Waals surface area contributed by atoms with Gasteiger partial charge in [0.25, 0.3) is 0 Å². The maximum Gasteiger partial charge on any atom is 0.0429 e. The summed E-state index contributed by atoms with van der Waals surface area (Å²) in [5.41, 5.74) is 5.32. The lowest BCUT2D eigenvalue weighted by Crippen LogP contribution is -2.33. The summed E-state index contributed by atoms with van der Waals surface area (Å²) in [6.07, 6.45) is 6.87. The summed E-state index contributed by atoms with van der Waals surface area (Å²) >= 11 is 0. The van der Waals surface area contributed by atoms with Crippen LogP contribution in [0.5, 0.6) is 0 Å². The van der Waals surface area contributed by atoms with Gasteiger partial charge in [-0.3, -0.25) is 4.90 Å². The summed E-state index contributed by atoms with van der Waals surface area (Å²) < 4.78 is 0. The average Bonchev–Trinajstić information content (AvgIpc) is 2.64. The summed E-state index contributed by atoms with van der Waals surface area (Å²) in [5, 5.41) is 3.63. The first-order chi connectivity index (χ1) is 12.4. The molecule has 0 saturated heterocycles. The summed E-state index contributed by atoms with van der Waals surface area (Å²) in [4.78, 5) is 2.54. The third kappa shape index (κ3) is 4.88. The Balaban J connectivity index is 1.70. The van der Waals surface area contributed by atoms with Gasteiger partial charge in [0.1, 0.15) is 0 Å². The molecule has 0 bridgehead atoms. The number of rotatable bonds is 5. The van der Waals surface area contributed by atoms with Crippen LogP contribution in [0.2, 0.25) is 0 Å². The lowest BCUT2D eigenvalue weighted by Gasteiger charge is -2.31. The van der Waals surface area contributed by atoms with E-state index in [0.717, 1.165) is 18.3 Å². The second kappa shape index (κ2) is 8.26. The van der Waals surface area contributed by atoms with Crippen molar-refractivity contribution in [2.75, 3.05) is 12.4 Å². The van der Waals surface area contributed by atoms with E-state index in [1.807, 2.05) is 0 Å². The summed E-state index contributed by atoms with van der Waals surface area (Å²) in [5.74, 6) is 0. The van der Waals surface area contributed by atoms with E-state index in [9.17, 15) is 0 Å². The molecule has 2 heteroatoms. The van der Waals surface area contributed by atoms with Gasteiger partial charge in [-0.25, -0.2) is 0 Å². The van der Waals surface area contributed by atoms with Crippen LogP contribution in [0.1, 0.15) is 64.0 Å². The van der Waals surface area contributed by atoms with Gasteiger partial charge >= 0.3 is 0 Å². The van der Waals surface area contributed by atoms with Gasteiger partial charge < -0.3 is 5.32 Å². The summed E-state index contributed by atoms with van der Waals surface area (Å²) in [7, 11) is 2.28. The first-order valence-electron chi connectivity index (χ1n) is 10.1. The Morgan fingerprint density at radius 2 is 1.58 bits per heavy atom. The number of hydrogen-bond donors (Lipinski definition) is 1. The van der Waals surface area contributed by atoms with Gasteiger partial charge in [0.2, 0.25) is 0 Å². The van der Waals surface area contributed by atoms with Crippen molar-refractivity contribution in [2.45, 2.75) is 70.9 Å². The van der Waals surface area contributed by atoms with Crippen LogP contribution in [0.3, 0.4) is 0 Å². The number of nitrogens with one attached hydrogen (secondary N) is 1. The lowest BCUT2D eigenvalue weighted by atomic mass is 9.87. The van der Waals surface area contributed by atoms with E-state index in [4.69, 9.17) is 0 Å². The van der Waals surface area contributed by atoms with Crippen LogP contribution in [0, 0.1) is 0 Å². The zero-order valence-corrected chi connectivity index (χ0v) is 16.9. The smallest absolute Gasteiger partial charge is 0.0429 e. The van der Waals surface area contributed by atoms with Gasteiger partial charge in [-0.15, -0.1) is 0 Å². The molecule has 26 heavy (non-hydrogen) atoms. The van der Waals surface area contributed by atoms with E-state index in [2.05, 4.69) is 86.6 Å². The molecular weight excluding hydrogens is 316 g/mol. The first-order valence-corrected chi connectivity index (χ1v) is 10.1. The van der Waals surface area contributed by atoms with E-state index in [-0.39, 0.29) is 5.41 Å². The van der Waals surface area contributed by atoms with Crippen LogP contribution < -0.4 is 5.32 Å². The molecule has 1 saturated carbocycles. The maximum atomic E-state index is 3.63. The molecule has 1 aliphatic rings. The van der Waals surface area contributed by atoms with Crippen LogP contribution in [-0.4, -0.2) is 18.0 Å². The second-order valence-corrected chi connectivity index (χ2v) is 8.82. The Labute approximate surface area is 159 Å². The number of para-hydroxylation sites is 1. The number of benzene rings is 2. The van der Waals surface area contributed by atoms with E-state index >= 15 is 0 Å². The summed E-state index contributed by atoms with van der Waals surface area (Å²) in [6, 6.07) is 18.3. The number of hydrogen-bond acceptors (Lipinski definition) is 2. The van der Waals surface area contributed by atoms with Gasteiger partial charge in [-0.05, 0) is 54.6 Å². The van der Waals surface area contributed by atoms with Crippen molar-refractivity contribution >= 4 is 11.4 Å². The molecule has 0 radical (unpaired) electrons. The third-order valence-corrected chi connectivity index (χ3v) is 5.67. The fourth-order valence-electron chi connectivity index (χ4n) is 3.91. The minimum absolute atomic E-state index is 0.194. The lowest BCUT2D eigenvalue weighted by molar-refractivity contribution is 0.185. The third-order valence-electron chi connectivity index (χ3n) is 5.67. The predicted molar refractivity (Wildman–Crippen MR) is 113 cm³/mol. The Bertz CT molecular complexity index is 691. The molecule has 140 valence electrons. The topological polar surface area (TPSA) is 15.3 Å². The molecule has 0 aromatic heterocycles. The fourth-order valence-corrected chi connectivity index (χ4v) is 3.91. The molecule has 2 aromatic rings. The second-order valence-electron chi connectivity index (χ2n) is 8.82. The average molecular weight is 351 g/mol. The standard InChI is InChI=1S/C24H34N2/c1-24(2,3)20-14-16-21(17-15-20)25-23-13-9-8-10-19(23)18-26(4)22-11-6-5-7-12-22/h8-10,13-17,22,25H,5-7,11-12,18H2,1-4H3. The van der Waals surface area contributed by atoms with Crippen LogP contribution >= 0.6 is 0 Å². The van der Waals surface area contributed by atoms with E-state index in [1.165, 1.54) is 48.9 Å². The molecule has 2 nitrogen and oxygen atoms in total. The van der Waals surface area contributed by atoms with Gasteiger partial charge in [-0.1, -0.05) is 70.4 Å². The van der Waals surface area contributed by atoms with E-state index in [1.54, 1.807) is 0 Å². The maximum absolute atomic E-state index is 3.63. The van der Waals surface area contributed by atoms with Crippen LogP contribution in [0.25, 0.3) is 0 Å². The Kier molecular flexibility index (Phi) is 6.03. The van der Waals surface area contributed by atoms with Crippen molar-refractivity contribution in [3.05, 3.63) is 59.7 Å². The zero-order chi connectivity index (χ0) is 18.6. The number of anilines is 2. The Hall–Kier alpha value is -1.80. The van der Waals surface area contributed by atoms with Crippen molar-refractivity contribution in [1.29, 1.82) is 0 Å². The highest BCUT2D eigenvalue weighted by Gasteiger charge is 2.19. The van der Waals surface area contributed by atoms with E-state index in [0.29, 0.717) is 0 Å². The van der Waals surface area contributed by atoms with Crippen molar-refractivity contribution in [1.82, 2.24) is 4.90 Å². The van der Waals surface area contributed by atoms with Crippen molar-refractivity contribution in [3.63, 3.8) is 0 Å². The van der Waals surface area contributed by atoms with Crippen LogP contribution in [0.4, 0.5) is 11.4 Å². The molecule has 0 atom stereocenters. The Morgan fingerprint density at radius 1 is 0.923 bits per heavy atom. The van der Waals surface area contributed by atoms with E-state index < -0.39 is 0 Å². The molecule has 0 spiro atoms. The van der Waals surface area contributed by atoms with Crippen molar-refractivity contribution in [3.8, 4) is 0 Å². The van der Waals surface area contributed by atoms with Crippen molar-refractivity contribution < 1.29 is 0 Å². The van der Waals surface area contributed by atoms with Gasteiger partial charge in [-0.2, -0.15) is 0 Å². The Morgan fingerprint density at radius 3 is 2.23 bits per heavy atom. The first kappa shape index (κ1) is 19.0. The quantitative estimate of drug-likeness (QED) is 0.663. The van der Waals surface area contributed by atoms with Crippen LogP contribution in [-0.2, 0) is 12.0 Å². The molecule has 0 heterocycles. The fraction of sp³-hybridized carbons (Fsp3) is 0.500. The zero-order valence-electron chi connectivity index (χ0n) is 16.9. The molecule has 0 unspecified atom stereocenters.